The minimum atomic E-state index is -3.66. The molecule has 1 aromatic rings. The molecule has 7 nitrogen and oxygen atoms in total. The molecular formula is C22H34N2O5S2. The van der Waals surface area contributed by atoms with E-state index in [0.29, 0.717) is 17.7 Å². The van der Waals surface area contributed by atoms with Gasteiger partial charge in [0.15, 0.2) is 9.84 Å². The van der Waals surface area contributed by atoms with Crippen LogP contribution in [0.3, 0.4) is 0 Å². The minimum Gasteiger partial charge on any atom is -0.340 e. The fourth-order valence-electron chi connectivity index (χ4n) is 4.68. The lowest BCUT2D eigenvalue weighted by atomic mass is 10.0. The average molecular weight is 471 g/mol. The largest absolute Gasteiger partial charge is 0.340 e. The smallest absolute Gasteiger partial charge is 0.243 e. The summed E-state index contributed by atoms with van der Waals surface area (Å²) in [5.74, 6) is -0.326. The number of benzene rings is 1. The Kier molecular flexibility index (Phi) is 7.18. The van der Waals surface area contributed by atoms with Crippen molar-refractivity contribution in [2.75, 3.05) is 31.9 Å². The Labute approximate surface area is 186 Å². The molecule has 2 aliphatic rings. The van der Waals surface area contributed by atoms with Gasteiger partial charge in [0.1, 0.15) is 0 Å². The lowest BCUT2D eigenvalue weighted by Gasteiger charge is -2.35. The van der Waals surface area contributed by atoms with Crippen LogP contribution in [-0.4, -0.2) is 69.1 Å². The average Bonchev–Trinajstić information content (AvgIpc) is 3.27. The molecule has 0 unspecified atom stereocenters. The molecule has 1 heterocycles. The van der Waals surface area contributed by atoms with Crippen molar-refractivity contribution in [3.8, 4) is 0 Å². The standard InChI is InChI=1S/C22H34N2O5S2/c1-16-15-17(2)19(4)22(18(16)3)31(28,29)24-12-10-23(11-13-24)21(25)9-14-30(26,27)20-7-5-6-8-20/h15,20H,5-14H2,1-4H3. The zero-order chi connectivity index (χ0) is 23.0. The van der Waals surface area contributed by atoms with Gasteiger partial charge < -0.3 is 4.90 Å². The monoisotopic (exact) mass is 470 g/mol. The van der Waals surface area contributed by atoms with E-state index in [4.69, 9.17) is 0 Å². The summed E-state index contributed by atoms with van der Waals surface area (Å²) in [5, 5.41) is -0.299. The number of aryl methyl sites for hydroxylation is 2. The van der Waals surface area contributed by atoms with Crippen LogP contribution in [0.2, 0.25) is 0 Å². The Morgan fingerprint density at radius 1 is 0.903 bits per heavy atom. The summed E-state index contributed by atoms with van der Waals surface area (Å²) >= 11 is 0. The van der Waals surface area contributed by atoms with Gasteiger partial charge in [-0.25, -0.2) is 16.8 Å². The van der Waals surface area contributed by atoms with E-state index in [1.165, 1.54) is 4.31 Å². The Balaban J connectivity index is 1.63. The van der Waals surface area contributed by atoms with Gasteiger partial charge in [-0.2, -0.15) is 4.31 Å². The molecule has 1 aliphatic heterocycles. The Bertz CT molecular complexity index is 1020. The van der Waals surface area contributed by atoms with E-state index >= 15 is 0 Å². The van der Waals surface area contributed by atoms with Gasteiger partial charge in [0, 0.05) is 32.6 Å². The first-order chi connectivity index (χ1) is 14.4. The van der Waals surface area contributed by atoms with Crippen LogP contribution in [-0.2, 0) is 24.7 Å². The third kappa shape index (κ3) is 4.98. The normalized spacial score (nSPS) is 19.2. The predicted octanol–water partition coefficient (Wildman–Crippen LogP) is 2.50. The molecule has 0 atom stereocenters. The number of hydrogen-bond donors (Lipinski definition) is 0. The summed E-state index contributed by atoms with van der Waals surface area (Å²) in [6, 6.07) is 2.00. The summed E-state index contributed by atoms with van der Waals surface area (Å²) in [4.78, 5) is 14.5. The molecule has 9 heteroatoms. The van der Waals surface area contributed by atoms with Gasteiger partial charge in [-0.1, -0.05) is 18.9 Å². The van der Waals surface area contributed by atoms with E-state index in [1.807, 2.05) is 33.8 Å². The second kappa shape index (κ2) is 9.19. The molecule has 1 saturated carbocycles. The zero-order valence-corrected chi connectivity index (χ0v) is 20.6. The van der Waals surface area contributed by atoms with Crippen LogP contribution >= 0.6 is 0 Å². The Hall–Kier alpha value is -1.45. The first kappa shape index (κ1) is 24.2. The lowest BCUT2D eigenvalue weighted by Crippen LogP contribution is -2.51. The molecule has 0 bridgehead atoms. The predicted molar refractivity (Wildman–Crippen MR) is 121 cm³/mol. The number of piperazine rings is 1. The molecule has 0 aromatic heterocycles. The molecule has 3 rings (SSSR count). The molecule has 1 saturated heterocycles. The SMILES string of the molecule is Cc1cc(C)c(C)c(S(=O)(=O)N2CCN(C(=O)CCS(=O)(=O)C3CCCC3)CC2)c1C. The molecule has 174 valence electrons. The Morgan fingerprint density at radius 2 is 1.42 bits per heavy atom. The van der Waals surface area contributed by atoms with E-state index in [2.05, 4.69) is 0 Å². The van der Waals surface area contributed by atoms with Crippen molar-refractivity contribution in [3.05, 3.63) is 28.3 Å². The van der Waals surface area contributed by atoms with E-state index < -0.39 is 19.9 Å². The molecule has 1 aromatic carbocycles. The maximum absolute atomic E-state index is 13.4. The van der Waals surface area contributed by atoms with Crippen LogP contribution in [0.25, 0.3) is 0 Å². The first-order valence-corrected chi connectivity index (χ1v) is 14.2. The zero-order valence-electron chi connectivity index (χ0n) is 19.0. The van der Waals surface area contributed by atoms with Crippen molar-refractivity contribution in [3.63, 3.8) is 0 Å². The highest BCUT2D eigenvalue weighted by Crippen LogP contribution is 2.29. The van der Waals surface area contributed by atoms with Crippen LogP contribution in [0.4, 0.5) is 0 Å². The van der Waals surface area contributed by atoms with E-state index in [9.17, 15) is 21.6 Å². The number of sulfonamides is 1. The van der Waals surface area contributed by atoms with Crippen molar-refractivity contribution in [2.45, 2.75) is 69.9 Å². The molecule has 0 radical (unpaired) electrons. The third-order valence-electron chi connectivity index (χ3n) is 6.90. The number of rotatable bonds is 6. The van der Waals surface area contributed by atoms with Crippen LogP contribution < -0.4 is 0 Å². The fourth-order valence-corrected chi connectivity index (χ4v) is 8.52. The molecule has 31 heavy (non-hydrogen) atoms. The Morgan fingerprint density at radius 3 is 1.94 bits per heavy atom. The summed E-state index contributed by atoms with van der Waals surface area (Å²) < 4.78 is 53.0. The molecule has 0 N–H and O–H groups in total. The highest BCUT2D eigenvalue weighted by molar-refractivity contribution is 7.92. The van der Waals surface area contributed by atoms with Gasteiger partial charge in [0.25, 0.3) is 0 Å². The number of amides is 1. The van der Waals surface area contributed by atoms with Gasteiger partial charge in [-0.15, -0.1) is 0 Å². The lowest BCUT2D eigenvalue weighted by molar-refractivity contribution is -0.131. The summed E-state index contributed by atoms with van der Waals surface area (Å²) in [6.07, 6.45) is 3.25. The van der Waals surface area contributed by atoms with Crippen molar-refractivity contribution in [2.24, 2.45) is 0 Å². The molecule has 0 spiro atoms. The van der Waals surface area contributed by atoms with Crippen molar-refractivity contribution < 1.29 is 21.6 Å². The van der Waals surface area contributed by atoms with Crippen LogP contribution in [0.1, 0.15) is 54.4 Å². The van der Waals surface area contributed by atoms with Gasteiger partial charge in [-0.3, -0.25) is 4.79 Å². The fraction of sp³-hybridized carbons (Fsp3) is 0.682. The topological polar surface area (TPSA) is 91.8 Å². The third-order valence-corrected chi connectivity index (χ3v) is 11.3. The molecular weight excluding hydrogens is 436 g/mol. The number of carbonyl (C=O) groups excluding carboxylic acids is 1. The van der Waals surface area contributed by atoms with E-state index in [1.54, 1.807) is 4.90 Å². The summed E-state index contributed by atoms with van der Waals surface area (Å²) in [6.45, 7) is 8.49. The first-order valence-electron chi connectivity index (χ1n) is 11.0. The number of hydrogen-bond acceptors (Lipinski definition) is 5. The molecule has 1 aliphatic carbocycles. The van der Waals surface area contributed by atoms with Gasteiger partial charge >= 0.3 is 0 Å². The van der Waals surface area contributed by atoms with Gasteiger partial charge in [0.2, 0.25) is 15.9 Å². The maximum Gasteiger partial charge on any atom is 0.243 e. The number of carbonyl (C=O) groups is 1. The van der Waals surface area contributed by atoms with Crippen LogP contribution in [0.15, 0.2) is 11.0 Å². The highest BCUT2D eigenvalue weighted by atomic mass is 32.2. The minimum absolute atomic E-state index is 0.0269. The maximum atomic E-state index is 13.4. The van der Waals surface area contributed by atoms with Crippen molar-refractivity contribution >= 4 is 25.8 Å². The summed E-state index contributed by atoms with van der Waals surface area (Å²) in [5.41, 5.74) is 3.41. The second-order valence-electron chi connectivity index (χ2n) is 8.90. The summed E-state index contributed by atoms with van der Waals surface area (Å²) in [7, 11) is -6.90. The highest BCUT2D eigenvalue weighted by Gasteiger charge is 2.34. The van der Waals surface area contributed by atoms with Crippen molar-refractivity contribution in [1.29, 1.82) is 0 Å². The molecule has 1 amide bonds. The van der Waals surface area contributed by atoms with E-state index in [-0.39, 0.29) is 49.5 Å². The van der Waals surface area contributed by atoms with E-state index in [0.717, 1.165) is 35.1 Å². The quantitative estimate of drug-likeness (QED) is 0.637. The van der Waals surface area contributed by atoms with Crippen molar-refractivity contribution in [1.82, 2.24) is 9.21 Å². The number of nitrogens with zero attached hydrogens (tertiary/aromatic N) is 2. The van der Waals surface area contributed by atoms with Crippen LogP contribution in [0, 0.1) is 27.7 Å². The van der Waals surface area contributed by atoms with Crippen LogP contribution in [0.5, 0.6) is 0 Å². The van der Waals surface area contributed by atoms with Gasteiger partial charge in [0.05, 0.1) is 15.9 Å². The van der Waals surface area contributed by atoms with Gasteiger partial charge in [-0.05, 0) is 62.8 Å². The number of sulfone groups is 1. The molecule has 2 fully saturated rings. The second-order valence-corrected chi connectivity index (χ2v) is 13.2.